The van der Waals surface area contributed by atoms with E-state index in [1.54, 1.807) is 11.9 Å². The number of benzene rings is 1. The zero-order chi connectivity index (χ0) is 12.6. The minimum absolute atomic E-state index is 0.0262. The van der Waals surface area contributed by atoms with E-state index < -0.39 is 17.7 Å². The molecule has 3 nitrogen and oxygen atoms in total. The van der Waals surface area contributed by atoms with Gasteiger partial charge in [-0.1, -0.05) is 11.6 Å². The molecule has 2 rings (SSSR count). The minimum atomic E-state index is -0.794. The maximum Gasteiger partial charge on any atom is 0.244 e. The Morgan fingerprint density at radius 1 is 1.47 bits per heavy atom. The number of carbonyl (C=O) groups is 1. The van der Waals surface area contributed by atoms with Gasteiger partial charge < -0.3 is 10.2 Å². The summed E-state index contributed by atoms with van der Waals surface area (Å²) in [7, 11) is 1.67. The van der Waals surface area contributed by atoms with Gasteiger partial charge in [0.1, 0.15) is 11.9 Å². The van der Waals surface area contributed by atoms with Gasteiger partial charge in [0.05, 0.1) is 10.7 Å². The average Bonchev–Trinajstić information content (AvgIpc) is 2.54. The summed E-state index contributed by atoms with van der Waals surface area (Å²) in [6.07, 6.45) is 0.572. The first-order valence-electron chi connectivity index (χ1n) is 5.15. The molecule has 1 aromatic carbocycles. The summed E-state index contributed by atoms with van der Waals surface area (Å²) >= 11 is 5.73. The van der Waals surface area contributed by atoms with Gasteiger partial charge in [-0.25, -0.2) is 8.78 Å². The number of nitrogens with one attached hydrogen (secondary N) is 1. The Kier molecular flexibility index (Phi) is 3.19. The number of likely N-dealkylation sites (tertiary alicyclic amines) is 1. The Hall–Kier alpha value is -1.36. The predicted octanol–water partition coefficient (Wildman–Crippen LogP) is 2.26. The van der Waals surface area contributed by atoms with Gasteiger partial charge in [0, 0.05) is 19.7 Å². The van der Waals surface area contributed by atoms with Crippen molar-refractivity contribution in [2.45, 2.75) is 12.5 Å². The van der Waals surface area contributed by atoms with Gasteiger partial charge in [0.25, 0.3) is 0 Å². The van der Waals surface area contributed by atoms with Crippen LogP contribution < -0.4 is 5.32 Å². The molecule has 0 aliphatic carbocycles. The first kappa shape index (κ1) is 12.1. The van der Waals surface area contributed by atoms with E-state index in [9.17, 15) is 13.6 Å². The van der Waals surface area contributed by atoms with E-state index in [2.05, 4.69) is 5.32 Å². The van der Waals surface area contributed by atoms with Crippen LogP contribution in [-0.2, 0) is 4.79 Å². The molecule has 1 aliphatic rings. The first-order chi connectivity index (χ1) is 7.99. The number of rotatable bonds is 2. The normalized spacial score (nSPS) is 19.9. The van der Waals surface area contributed by atoms with Crippen molar-refractivity contribution < 1.29 is 13.6 Å². The zero-order valence-corrected chi connectivity index (χ0v) is 9.89. The summed E-state index contributed by atoms with van der Waals surface area (Å²) in [4.78, 5) is 13.2. The van der Waals surface area contributed by atoms with Crippen molar-refractivity contribution in [2.24, 2.45) is 0 Å². The second-order valence-electron chi connectivity index (χ2n) is 3.99. The molecule has 0 spiro atoms. The molecular weight excluding hydrogens is 250 g/mol. The van der Waals surface area contributed by atoms with E-state index in [4.69, 9.17) is 11.6 Å². The second kappa shape index (κ2) is 4.49. The molecule has 92 valence electrons. The van der Waals surface area contributed by atoms with Crippen LogP contribution >= 0.6 is 11.6 Å². The SMILES string of the molecule is CN1CCC(Nc2c(F)cc(F)cc2Cl)C1=O. The van der Waals surface area contributed by atoms with Crippen molar-refractivity contribution in [1.29, 1.82) is 0 Å². The fourth-order valence-corrected chi connectivity index (χ4v) is 2.06. The fourth-order valence-electron chi connectivity index (χ4n) is 1.81. The topological polar surface area (TPSA) is 32.3 Å². The smallest absolute Gasteiger partial charge is 0.244 e. The van der Waals surface area contributed by atoms with E-state index in [0.29, 0.717) is 13.0 Å². The summed E-state index contributed by atoms with van der Waals surface area (Å²) in [5.74, 6) is -1.66. The Bertz CT molecular complexity index is 444. The van der Waals surface area contributed by atoms with E-state index >= 15 is 0 Å². The third kappa shape index (κ3) is 2.34. The molecule has 1 heterocycles. The maximum atomic E-state index is 13.5. The molecule has 1 fully saturated rings. The van der Waals surface area contributed by atoms with Gasteiger partial charge in [-0.05, 0) is 12.5 Å². The lowest BCUT2D eigenvalue weighted by Crippen LogP contribution is -2.31. The summed E-state index contributed by atoms with van der Waals surface area (Å²) in [6.45, 7) is 0.608. The zero-order valence-electron chi connectivity index (χ0n) is 9.14. The third-order valence-electron chi connectivity index (χ3n) is 2.75. The number of carbonyl (C=O) groups excluding carboxylic acids is 1. The van der Waals surface area contributed by atoms with Gasteiger partial charge in [-0.15, -0.1) is 0 Å². The van der Waals surface area contributed by atoms with Gasteiger partial charge >= 0.3 is 0 Å². The molecular formula is C11H11ClF2N2O. The number of amides is 1. The van der Waals surface area contributed by atoms with Crippen molar-refractivity contribution in [1.82, 2.24) is 4.90 Å². The molecule has 6 heteroatoms. The number of halogens is 3. The number of nitrogens with zero attached hydrogens (tertiary/aromatic N) is 1. The monoisotopic (exact) mass is 260 g/mol. The van der Waals surface area contributed by atoms with Crippen LogP contribution in [0.3, 0.4) is 0 Å². The molecule has 17 heavy (non-hydrogen) atoms. The van der Waals surface area contributed by atoms with Crippen molar-refractivity contribution in [3.63, 3.8) is 0 Å². The van der Waals surface area contributed by atoms with E-state index in [1.807, 2.05) is 0 Å². The summed E-state index contributed by atoms with van der Waals surface area (Å²) in [5, 5.41) is 2.66. The molecule has 1 amide bonds. The Morgan fingerprint density at radius 2 is 2.18 bits per heavy atom. The van der Waals surface area contributed by atoms with Crippen molar-refractivity contribution in [3.05, 3.63) is 28.8 Å². The average molecular weight is 261 g/mol. The fraction of sp³-hybridized carbons (Fsp3) is 0.364. The highest BCUT2D eigenvalue weighted by atomic mass is 35.5. The lowest BCUT2D eigenvalue weighted by atomic mass is 10.2. The van der Waals surface area contributed by atoms with Crippen LogP contribution in [0.25, 0.3) is 0 Å². The van der Waals surface area contributed by atoms with Gasteiger partial charge in [-0.2, -0.15) is 0 Å². The maximum absolute atomic E-state index is 13.5. The molecule has 0 bridgehead atoms. The molecule has 1 N–H and O–H groups in total. The quantitative estimate of drug-likeness (QED) is 0.885. The van der Waals surface area contributed by atoms with Crippen LogP contribution in [0.5, 0.6) is 0 Å². The highest BCUT2D eigenvalue weighted by molar-refractivity contribution is 6.33. The third-order valence-corrected chi connectivity index (χ3v) is 3.05. The number of likely N-dealkylation sites (N-methyl/N-ethyl adjacent to an activating group) is 1. The number of anilines is 1. The van der Waals surface area contributed by atoms with Crippen molar-refractivity contribution >= 4 is 23.2 Å². The largest absolute Gasteiger partial charge is 0.370 e. The highest BCUT2D eigenvalue weighted by Gasteiger charge is 2.30. The van der Waals surface area contributed by atoms with Crippen LogP contribution in [0, 0.1) is 11.6 Å². The molecule has 1 atom stereocenters. The second-order valence-corrected chi connectivity index (χ2v) is 4.40. The van der Waals surface area contributed by atoms with Crippen LogP contribution in [0.1, 0.15) is 6.42 Å². The van der Waals surface area contributed by atoms with E-state index in [-0.39, 0.29) is 16.6 Å². The van der Waals surface area contributed by atoms with Gasteiger partial charge in [0.2, 0.25) is 5.91 Å². The minimum Gasteiger partial charge on any atom is -0.370 e. The van der Waals surface area contributed by atoms with E-state index in [1.165, 1.54) is 0 Å². The molecule has 1 unspecified atom stereocenters. The Labute approximate surface area is 102 Å². The Balaban J connectivity index is 2.22. The summed E-state index contributed by atoms with van der Waals surface area (Å²) in [6, 6.07) is 1.24. The molecule has 1 saturated heterocycles. The lowest BCUT2D eigenvalue weighted by Gasteiger charge is -2.15. The van der Waals surface area contributed by atoms with Crippen LogP contribution in [0.4, 0.5) is 14.5 Å². The van der Waals surface area contributed by atoms with Gasteiger partial charge in [-0.3, -0.25) is 4.79 Å². The van der Waals surface area contributed by atoms with Crippen LogP contribution in [0.15, 0.2) is 12.1 Å². The standard InChI is InChI=1S/C11H11ClF2N2O/c1-16-3-2-9(11(16)17)15-10-7(12)4-6(13)5-8(10)14/h4-5,9,15H,2-3H2,1H3. The molecule has 1 aliphatic heterocycles. The van der Waals surface area contributed by atoms with Gasteiger partial charge in [0.15, 0.2) is 5.82 Å². The van der Waals surface area contributed by atoms with Crippen LogP contribution in [-0.4, -0.2) is 30.4 Å². The number of hydrogen-bond donors (Lipinski definition) is 1. The Morgan fingerprint density at radius 3 is 2.71 bits per heavy atom. The molecule has 0 aromatic heterocycles. The summed E-state index contributed by atoms with van der Waals surface area (Å²) in [5.41, 5.74) is -0.0262. The van der Waals surface area contributed by atoms with Crippen molar-refractivity contribution in [3.8, 4) is 0 Å². The first-order valence-corrected chi connectivity index (χ1v) is 5.53. The van der Waals surface area contributed by atoms with Crippen LogP contribution in [0.2, 0.25) is 5.02 Å². The summed E-state index contributed by atoms with van der Waals surface area (Å²) < 4.78 is 26.3. The molecule has 1 aromatic rings. The number of hydrogen-bond acceptors (Lipinski definition) is 2. The highest BCUT2D eigenvalue weighted by Crippen LogP contribution is 2.28. The molecule has 0 saturated carbocycles. The molecule has 0 radical (unpaired) electrons. The lowest BCUT2D eigenvalue weighted by molar-refractivity contribution is -0.127. The van der Waals surface area contributed by atoms with Crippen molar-refractivity contribution in [2.75, 3.05) is 18.9 Å². The van der Waals surface area contributed by atoms with E-state index in [0.717, 1.165) is 12.1 Å². The predicted molar refractivity (Wildman–Crippen MR) is 61.0 cm³/mol.